The second-order valence-electron chi connectivity index (χ2n) is 4.53. The number of anilines is 2. The zero-order valence-electron chi connectivity index (χ0n) is 11.2. The second-order valence-corrected chi connectivity index (χ2v) is 4.53. The molecule has 21 heavy (non-hydrogen) atoms. The molecular weight excluding hydrogens is 281 g/mol. The van der Waals surface area contributed by atoms with Crippen LogP contribution in [0.4, 0.5) is 24.5 Å². The minimum Gasteiger partial charge on any atom is -0.398 e. The Balaban J connectivity index is 2.35. The van der Waals surface area contributed by atoms with E-state index in [1.807, 2.05) is 0 Å². The molecule has 1 amide bonds. The number of aryl methyl sites for hydroxylation is 1. The van der Waals surface area contributed by atoms with Crippen LogP contribution in [0, 0.1) is 6.92 Å². The molecule has 0 spiro atoms. The number of alkyl halides is 3. The number of rotatable bonds is 2. The van der Waals surface area contributed by atoms with E-state index in [2.05, 4.69) is 5.32 Å². The average molecular weight is 294 g/mol. The molecule has 2 aromatic carbocycles. The third kappa shape index (κ3) is 3.16. The lowest BCUT2D eigenvalue weighted by Gasteiger charge is -2.14. The summed E-state index contributed by atoms with van der Waals surface area (Å²) in [6.07, 6.45) is -4.54. The van der Waals surface area contributed by atoms with Gasteiger partial charge in [-0.1, -0.05) is 24.3 Å². The van der Waals surface area contributed by atoms with Crippen molar-refractivity contribution >= 4 is 17.3 Å². The van der Waals surface area contributed by atoms with Gasteiger partial charge >= 0.3 is 6.18 Å². The Hall–Kier alpha value is -2.50. The lowest BCUT2D eigenvalue weighted by atomic mass is 10.1. The van der Waals surface area contributed by atoms with E-state index < -0.39 is 17.6 Å². The van der Waals surface area contributed by atoms with Crippen LogP contribution in [-0.2, 0) is 6.18 Å². The number of carbonyl (C=O) groups excluding carboxylic acids is 1. The molecule has 0 fully saturated rings. The summed E-state index contributed by atoms with van der Waals surface area (Å²) in [5, 5.41) is 2.26. The number of carbonyl (C=O) groups is 1. The van der Waals surface area contributed by atoms with Gasteiger partial charge in [-0.2, -0.15) is 13.2 Å². The maximum Gasteiger partial charge on any atom is 0.418 e. The van der Waals surface area contributed by atoms with Crippen molar-refractivity contribution in [2.45, 2.75) is 13.1 Å². The van der Waals surface area contributed by atoms with Gasteiger partial charge in [0.15, 0.2) is 0 Å². The molecule has 0 aliphatic rings. The lowest BCUT2D eigenvalue weighted by molar-refractivity contribution is -0.136. The molecule has 0 saturated heterocycles. The molecule has 0 saturated carbocycles. The highest BCUT2D eigenvalue weighted by molar-refractivity contribution is 6.08. The molecule has 0 heterocycles. The summed E-state index contributed by atoms with van der Waals surface area (Å²) in [6.45, 7) is 1.72. The van der Waals surface area contributed by atoms with Crippen molar-refractivity contribution in [2.24, 2.45) is 0 Å². The number of nitrogens with one attached hydrogen (secondary N) is 1. The maximum atomic E-state index is 12.9. The molecule has 3 nitrogen and oxygen atoms in total. The van der Waals surface area contributed by atoms with Gasteiger partial charge in [0.05, 0.1) is 16.8 Å². The average Bonchev–Trinajstić information content (AvgIpc) is 2.41. The zero-order chi connectivity index (χ0) is 15.6. The van der Waals surface area contributed by atoms with E-state index in [-0.39, 0.29) is 16.9 Å². The Morgan fingerprint density at radius 2 is 1.76 bits per heavy atom. The van der Waals surface area contributed by atoms with Gasteiger partial charge in [-0.15, -0.1) is 0 Å². The van der Waals surface area contributed by atoms with Gasteiger partial charge < -0.3 is 11.1 Å². The van der Waals surface area contributed by atoms with Crippen molar-refractivity contribution in [3.8, 4) is 0 Å². The number of hydrogen-bond donors (Lipinski definition) is 2. The fourth-order valence-corrected chi connectivity index (χ4v) is 1.91. The van der Waals surface area contributed by atoms with Crippen LogP contribution in [0.15, 0.2) is 42.5 Å². The molecular formula is C15H13F3N2O. The van der Waals surface area contributed by atoms with Gasteiger partial charge in [-0.25, -0.2) is 0 Å². The molecule has 110 valence electrons. The van der Waals surface area contributed by atoms with Crippen molar-refractivity contribution in [3.05, 3.63) is 59.2 Å². The summed E-state index contributed by atoms with van der Waals surface area (Å²) in [6, 6.07) is 9.60. The Morgan fingerprint density at radius 3 is 2.43 bits per heavy atom. The Bertz CT molecular complexity index is 681. The number of amides is 1. The monoisotopic (exact) mass is 294 g/mol. The number of nitrogens with two attached hydrogens (primary N) is 1. The van der Waals surface area contributed by atoms with Gasteiger partial charge in [0.25, 0.3) is 5.91 Å². The minimum atomic E-state index is -4.54. The standard InChI is InChI=1S/C15H13F3N2O/c1-9-5-4-6-10(13(9)19)14(21)20-12-8-3-2-7-11(12)15(16,17)18/h2-8H,19H2,1H3,(H,20,21). The highest BCUT2D eigenvalue weighted by atomic mass is 19.4. The number of benzene rings is 2. The van der Waals surface area contributed by atoms with Crippen molar-refractivity contribution in [1.82, 2.24) is 0 Å². The van der Waals surface area contributed by atoms with Gasteiger partial charge in [0.1, 0.15) is 0 Å². The van der Waals surface area contributed by atoms with Crippen LogP contribution in [-0.4, -0.2) is 5.91 Å². The van der Waals surface area contributed by atoms with E-state index in [1.165, 1.54) is 24.3 Å². The fourth-order valence-electron chi connectivity index (χ4n) is 1.91. The van der Waals surface area contributed by atoms with Crippen LogP contribution in [0.5, 0.6) is 0 Å². The largest absolute Gasteiger partial charge is 0.418 e. The molecule has 0 atom stereocenters. The molecule has 0 aromatic heterocycles. The molecule has 2 aromatic rings. The van der Waals surface area contributed by atoms with E-state index in [4.69, 9.17) is 5.73 Å². The zero-order valence-corrected chi connectivity index (χ0v) is 11.2. The Morgan fingerprint density at radius 1 is 1.10 bits per heavy atom. The first-order valence-electron chi connectivity index (χ1n) is 6.13. The van der Waals surface area contributed by atoms with Gasteiger partial charge in [-0.05, 0) is 30.7 Å². The predicted octanol–water partition coefficient (Wildman–Crippen LogP) is 3.85. The quantitative estimate of drug-likeness (QED) is 0.827. The third-order valence-electron chi connectivity index (χ3n) is 3.05. The molecule has 0 unspecified atom stereocenters. The van der Waals surface area contributed by atoms with Crippen molar-refractivity contribution in [2.75, 3.05) is 11.1 Å². The summed E-state index contributed by atoms with van der Waals surface area (Å²) in [5.74, 6) is -0.673. The summed E-state index contributed by atoms with van der Waals surface area (Å²) in [5.41, 5.74) is 5.67. The highest BCUT2D eigenvalue weighted by Gasteiger charge is 2.33. The Labute approximate surface area is 119 Å². The van der Waals surface area contributed by atoms with Gasteiger partial charge in [-0.3, -0.25) is 4.79 Å². The van der Waals surface area contributed by atoms with E-state index in [9.17, 15) is 18.0 Å². The summed E-state index contributed by atoms with van der Waals surface area (Å²) in [4.78, 5) is 12.1. The SMILES string of the molecule is Cc1cccc(C(=O)Nc2ccccc2C(F)(F)F)c1N. The number of para-hydroxylation sites is 2. The minimum absolute atomic E-state index is 0.145. The summed E-state index contributed by atoms with van der Waals surface area (Å²) < 4.78 is 38.6. The maximum absolute atomic E-state index is 12.9. The van der Waals surface area contributed by atoms with E-state index in [0.29, 0.717) is 5.56 Å². The third-order valence-corrected chi connectivity index (χ3v) is 3.05. The first-order chi connectivity index (χ1) is 9.80. The molecule has 0 bridgehead atoms. The number of hydrogen-bond acceptors (Lipinski definition) is 2. The second kappa shape index (κ2) is 5.47. The molecule has 0 aliphatic carbocycles. The number of halogens is 3. The van der Waals surface area contributed by atoms with E-state index in [0.717, 1.165) is 6.07 Å². The van der Waals surface area contributed by atoms with E-state index >= 15 is 0 Å². The molecule has 2 rings (SSSR count). The van der Waals surface area contributed by atoms with Crippen LogP contribution < -0.4 is 11.1 Å². The van der Waals surface area contributed by atoms with Gasteiger partial charge in [0.2, 0.25) is 0 Å². The van der Waals surface area contributed by atoms with Gasteiger partial charge in [0, 0.05) is 5.69 Å². The molecule has 0 radical (unpaired) electrons. The van der Waals surface area contributed by atoms with Crippen molar-refractivity contribution in [1.29, 1.82) is 0 Å². The van der Waals surface area contributed by atoms with Crippen molar-refractivity contribution < 1.29 is 18.0 Å². The molecule has 0 aliphatic heterocycles. The lowest BCUT2D eigenvalue weighted by Crippen LogP contribution is -2.18. The van der Waals surface area contributed by atoms with E-state index in [1.54, 1.807) is 19.1 Å². The molecule has 6 heteroatoms. The summed E-state index contributed by atoms with van der Waals surface area (Å²) in [7, 11) is 0. The van der Waals surface area contributed by atoms with Crippen LogP contribution in [0.3, 0.4) is 0 Å². The van der Waals surface area contributed by atoms with Crippen LogP contribution >= 0.6 is 0 Å². The van der Waals surface area contributed by atoms with Crippen molar-refractivity contribution in [3.63, 3.8) is 0 Å². The Kier molecular flexibility index (Phi) is 3.88. The smallest absolute Gasteiger partial charge is 0.398 e. The molecule has 3 N–H and O–H groups in total. The first kappa shape index (κ1) is 14.9. The van der Waals surface area contributed by atoms with Crippen LogP contribution in [0.25, 0.3) is 0 Å². The predicted molar refractivity (Wildman–Crippen MR) is 75.0 cm³/mol. The fraction of sp³-hybridized carbons (Fsp3) is 0.133. The topological polar surface area (TPSA) is 55.1 Å². The summed E-state index contributed by atoms with van der Waals surface area (Å²) >= 11 is 0. The normalized spacial score (nSPS) is 11.2. The highest BCUT2D eigenvalue weighted by Crippen LogP contribution is 2.34. The number of nitrogen functional groups attached to an aromatic ring is 1. The van der Waals surface area contributed by atoms with Crippen LogP contribution in [0.1, 0.15) is 21.5 Å². The first-order valence-corrected chi connectivity index (χ1v) is 6.13. The van der Waals surface area contributed by atoms with Crippen LogP contribution in [0.2, 0.25) is 0 Å².